The van der Waals surface area contributed by atoms with Crippen LogP contribution in [0.2, 0.25) is 0 Å². The van der Waals surface area contributed by atoms with Gasteiger partial charge in [-0.25, -0.2) is 4.79 Å². The number of carbonyl (C=O) groups is 3. The minimum atomic E-state index is -1.08. The number of aliphatic hydroxyl groups is 1. The maximum Gasteiger partial charge on any atom is 0.373 e. The van der Waals surface area contributed by atoms with Crippen molar-refractivity contribution in [2.45, 2.75) is 12.8 Å². The van der Waals surface area contributed by atoms with E-state index in [2.05, 4.69) is 0 Å². The molecule has 2 rings (SSSR count). The van der Waals surface area contributed by atoms with Crippen LogP contribution in [-0.4, -0.2) is 48.6 Å². The summed E-state index contributed by atoms with van der Waals surface area (Å²) < 4.78 is 9.82. The maximum atomic E-state index is 12.4. The first kappa shape index (κ1) is 16.5. The van der Waals surface area contributed by atoms with Gasteiger partial charge >= 0.3 is 5.97 Å². The van der Waals surface area contributed by atoms with Crippen molar-refractivity contribution in [1.82, 2.24) is 4.90 Å². The van der Waals surface area contributed by atoms with Crippen molar-refractivity contribution in [1.29, 1.82) is 0 Å². The van der Waals surface area contributed by atoms with Crippen molar-refractivity contribution < 1.29 is 29.0 Å². The van der Waals surface area contributed by atoms with E-state index in [0.29, 0.717) is 11.3 Å². The average Bonchev–Trinajstić information content (AvgIpc) is 2.78. The smallest absolute Gasteiger partial charge is 0.373 e. The van der Waals surface area contributed by atoms with Crippen LogP contribution in [0.15, 0.2) is 35.6 Å². The molecule has 1 aromatic carbocycles. The molecule has 0 aliphatic carbocycles. The molecule has 1 N–H and O–H groups in total. The summed E-state index contributed by atoms with van der Waals surface area (Å²) in [4.78, 5) is 37.3. The van der Waals surface area contributed by atoms with E-state index in [1.165, 1.54) is 14.2 Å². The molecule has 0 spiro atoms. The van der Waals surface area contributed by atoms with Gasteiger partial charge in [-0.1, -0.05) is 12.1 Å². The Balaban J connectivity index is 2.57. The monoisotopic (exact) mass is 319 g/mol. The molecule has 2 amide bonds. The Hall–Kier alpha value is -2.83. The second kappa shape index (κ2) is 6.51. The zero-order valence-electron chi connectivity index (χ0n) is 13.0. The highest BCUT2D eigenvalue weighted by Crippen LogP contribution is 2.36. The Morgan fingerprint density at radius 3 is 2.65 bits per heavy atom. The number of aliphatic hydroxyl groups excluding tert-OH is 1. The topological polar surface area (TPSA) is 93.1 Å². The number of likely N-dealkylation sites (tertiary alicyclic amines) is 1. The molecule has 1 fully saturated rings. The summed E-state index contributed by atoms with van der Waals surface area (Å²) >= 11 is 0. The van der Waals surface area contributed by atoms with Crippen LogP contribution in [0.3, 0.4) is 0 Å². The predicted octanol–water partition coefficient (Wildman–Crippen LogP) is 1.15. The molecular weight excluding hydrogens is 302 g/mol. The lowest BCUT2D eigenvalue weighted by Gasteiger charge is -2.12. The summed E-state index contributed by atoms with van der Waals surface area (Å²) in [5, 5.41) is 10.1. The van der Waals surface area contributed by atoms with Crippen LogP contribution in [-0.2, 0) is 19.1 Å². The van der Waals surface area contributed by atoms with Crippen LogP contribution in [0.25, 0.3) is 0 Å². The summed E-state index contributed by atoms with van der Waals surface area (Å²) in [6.45, 7) is 1.61. The normalized spacial score (nSPS) is 19.8. The van der Waals surface area contributed by atoms with Gasteiger partial charge in [0.25, 0.3) is 5.91 Å². The summed E-state index contributed by atoms with van der Waals surface area (Å²) in [5.41, 5.74) is 0.155. The number of hydrogen-bond donors (Lipinski definition) is 1. The largest absolute Gasteiger partial charge is 0.501 e. The van der Waals surface area contributed by atoms with Crippen molar-refractivity contribution in [2.75, 3.05) is 20.8 Å². The highest BCUT2D eigenvalue weighted by molar-refractivity contribution is 6.19. The molecule has 7 nitrogen and oxygen atoms in total. The van der Waals surface area contributed by atoms with Crippen LogP contribution < -0.4 is 4.74 Å². The van der Waals surface area contributed by atoms with Crippen molar-refractivity contribution in [3.05, 3.63) is 41.2 Å². The highest BCUT2D eigenvalue weighted by Gasteiger charge is 2.45. The van der Waals surface area contributed by atoms with Gasteiger partial charge in [-0.2, -0.15) is 0 Å². The number of nitrogens with zero attached hydrogens (tertiary/aromatic N) is 1. The van der Waals surface area contributed by atoms with Crippen molar-refractivity contribution >= 4 is 17.8 Å². The fourth-order valence-corrected chi connectivity index (χ4v) is 2.40. The van der Waals surface area contributed by atoms with Gasteiger partial charge in [0.05, 0.1) is 25.2 Å². The molecule has 0 radical (unpaired) electrons. The van der Waals surface area contributed by atoms with E-state index in [4.69, 9.17) is 9.47 Å². The van der Waals surface area contributed by atoms with Crippen LogP contribution in [0.1, 0.15) is 18.4 Å². The van der Waals surface area contributed by atoms with Gasteiger partial charge in [-0.05, 0) is 24.6 Å². The molecule has 1 aliphatic rings. The SMILES string of the molecule is CCOC(=O)/C(O)=C1/C(=O)N(C)C(=O)[C@H]1c1cccc(OC)c1. The van der Waals surface area contributed by atoms with E-state index in [1.807, 2.05) is 0 Å². The van der Waals surface area contributed by atoms with Crippen LogP contribution in [0.5, 0.6) is 5.75 Å². The fourth-order valence-electron chi connectivity index (χ4n) is 2.40. The Bertz CT molecular complexity index is 694. The maximum absolute atomic E-state index is 12.4. The molecule has 122 valence electrons. The van der Waals surface area contributed by atoms with Crippen LogP contribution in [0, 0.1) is 0 Å². The van der Waals surface area contributed by atoms with E-state index in [-0.39, 0.29) is 12.2 Å². The number of likely N-dealkylation sites (N-methyl/N-ethyl adjacent to an activating group) is 1. The Morgan fingerprint density at radius 1 is 1.35 bits per heavy atom. The minimum Gasteiger partial charge on any atom is -0.501 e. The fraction of sp³-hybridized carbons (Fsp3) is 0.312. The molecule has 1 heterocycles. The van der Waals surface area contributed by atoms with Gasteiger partial charge in [0.15, 0.2) is 0 Å². The van der Waals surface area contributed by atoms with Gasteiger partial charge in [-0.15, -0.1) is 0 Å². The predicted molar refractivity (Wildman–Crippen MR) is 79.8 cm³/mol. The number of rotatable bonds is 4. The number of hydrogen-bond acceptors (Lipinski definition) is 6. The second-order valence-electron chi connectivity index (χ2n) is 4.89. The molecule has 1 atom stereocenters. The molecule has 23 heavy (non-hydrogen) atoms. The lowest BCUT2D eigenvalue weighted by molar-refractivity contribution is -0.142. The van der Waals surface area contributed by atoms with Gasteiger partial charge in [0, 0.05) is 7.05 Å². The van der Waals surface area contributed by atoms with E-state index < -0.39 is 29.5 Å². The summed E-state index contributed by atoms with van der Waals surface area (Å²) in [5.74, 6) is -3.73. The standard InChI is InChI=1S/C16H17NO6/c1-4-23-16(21)13(18)12-11(14(19)17(2)15(12)20)9-6-5-7-10(8-9)22-3/h5-8,11,18H,4H2,1-3H3/b13-12-/t11-/m0/s1. The number of esters is 1. The van der Waals surface area contributed by atoms with E-state index in [9.17, 15) is 19.5 Å². The first-order valence-electron chi connectivity index (χ1n) is 6.98. The lowest BCUT2D eigenvalue weighted by atomic mass is 9.92. The van der Waals surface area contributed by atoms with Crippen LogP contribution in [0.4, 0.5) is 0 Å². The molecule has 0 unspecified atom stereocenters. The number of methoxy groups -OCH3 is 1. The molecular formula is C16H17NO6. The van der Waals surface area contributed by atoms with Crippen molar-refractivity contribution in [2.24, 2.45) is 0 Å². The molecule has 1 saturated heterocycles. The third-order valence-electron chi connectivity index (χ3n) is 3.55. The average molecular weight is 319 g/mol. The van der Waals surface area contributed by atoms with E-state index >= 15 is 0 Å². The van der Waals surface area contributed by atoms with Crippen molar-refractivity contribution in [3.8, 4) is 5.75 Å². The number of imide groups is 1. The summed E-state index contributed by atoms with van der Waals surface area (Å²) in [7, 11) is 2.77. The summed E-state index contributed by atoms with van der Waals surface area (Å²) in [6.07, 6.45) is 0. The number of ether oxygens (including phenoxy) is 2. The number of benzene rings is 1. The van der Waals surface area contributed by atoms with Gasteiger partial charge < -0.3 is 14.6 Å². The van der Waals surface area contributed by atoms with E-state index in [1.54, 1.807) is 31.2 Å². The first-order valence-corrected chi connectivity index (χ1v) is 6.98. The van der Waals surface area contributed by atoms with Gasteiger partial charge in [0.2, 0.25) is 11.7 Å². The summed E-state index contributed by atoms with van der Waals surface area (Å²) in [6, 6.07) is 6.54. The van der Waals surface area contributed by atoms with Gasteiger partial charge in [-0.3, -0.25) is 14.5 Å². The lowest BCUT2D eigenvalue weighted by Crippen LogP contribution is -2.25. The number of carbonyl (C=O) groups excluding carboxylic acids is 3. The molecule has 0 bridgehead atoms. The van der Waals surface area contributed by atoms with Crippen LogP contribution >= 0.6 is 0 Å². The Kier molecular flexibility index (Phi) is 4.68. The molecule has 0 saturated carbocycles. The third-order valence-corrected chi connectivity index (χ3v) is 3.55. The zero-order valence-corrected chi connectivity index (χ0v) is 13.0. The highest BCUT2D eigenvalue weighted by atomic mass is 16.5. The zero-order chi connectivity index (χ0) is 17.1. The Morgan fingerprint density at radius 2 is 2.04 bits per heavy atom. The van der Waals surface area contributed by atoms with Crippen molar-refractivity contribution in [3.63, 3.8) is 0 Å². The molecule has 7 heteroatoms. The Labute approximate surface area is 133 Å². The van der Waals surface area contributed by atoms with E-state index in [0.717, 1.165) is 4.90 Å². The molecule has 0 aromatic heterocycles. The number of amides is 2. The second-order valence-corrected chi connectivity index (χ2v) is 4.89. The molecule has 1 aliphatic heterocycles. The minimum absolute atomic E-state index is 0.0397. The van der Waals surface area contributed by atoms with Gasteiger partial charge in [0.1, 0.15) is 5.75 Å². The third kappa shape index (κ3) is 2.90. The quantitative estimate of drug-likeness (QED) is 0.387. The first-order chi connectivity index (χ1) is 10.9. The molecule has 1 aromatic rings.